The Morgan fingerprint density at radius 2 is 1.76 bits per heavy atom. The molecule has 1 unspecified atom stereocenters. The van der Waals surface area contributed by atoms with Crippen molar-refractivity contribution in [3.63, 3.8) is 0 Å². The van der Waals surface area contributed by atoms with E-state index in [-0.39, 0.29) is 19.8 Å². The van der Waals surface area contributed by atoms with Gasteiger partial charge in [0.05, 0.1) is 19.8 Å². The lowest BCUT2D eigenvalue weighted by atomic mass is 10.1. The van der Waals surface area contributed by atoms with E-state index in [1.807, 2.05) is 12.1 Å². The second-order valence-electron chi connectivity index (χ2n) is 4.17. The maximum Gasteiger partial charge on any atom is 0.371 e. The van der Waals surface area contributed by atoms with Gasteiger partial charge in [-0.1, -0.05) is 12.1 Å². The Labute approximate surface area is 126 Å². The highest BCUT2D eigenvalue weighted by Gasteiger charge is 2.37. The van der Waals surface area contributed by atoms with Crippen LogP contribution in [0.1, 0.15) is 19.4 Å². The number of ether oxygens (including phenoxy) is 1. The van der Waals surface area contributed by atoms with Gasteiger partial charge >= 0.3 is 7.60 Å². The van der Waals surface area contributed by atoms with Crippen molar-refractivity contribution in [2.24, 2.45) is 0 Å². The average Bonchev–Trinajstić information content (AvgIpc) is 2.46. The molecule has 1 rings (SSSR count). The highest BCUT2D eigenvalue weighted by molar-refractivity contribution is 7.63. The molecule has 1 aromatic carbocycles. The van der Waals surface area contributed by atoms with Crippen molar-refractivity contribution in [2.45, 2.75) is 25.9 Å². The molecule has 0 aliphatic heterocycles. The quantitative estimate of drug-likeness (QED) is 0.519. The second kappa shape index (κ2) is 9.29. The monoisotopic (exact) mass is 333 g/mol. The van der Waals surface area contributed by atoms with Gasteiger partial charge in [-0.3, -0.25) is 9.13 Å². The molecule has 0 saturated heterocycles. The first-order chi connectivity index (χ1) is 10.1. The number of anilines is 1. The molecule has 8 heteroatoms. The molecule has 0 saturated carbocycles. The van der Waals surface area contributed by atoms with E-state index in [2.05, 4.69) is 0 Å². The van der Waals surface area contributed by atoms with Gasteiger partial charge in [0.15, 0.2) is 0 Å². The van der Waals surface area contributed by atoms with Crippen LogP contribution >= 0.6 is 16.1 Å². The van der Waals surface area contributed by atoms with Gasteiger partial charge in [0.1, 0.15) is 0 Å². The van der Waals surface area contributed by atoms with Gasteiger partial charge < -0.3 is 19.5 Å². The normalized spacial score (nSPS) is 13.4. The van der Waals surface area contributed by atoms with Crippen LogP contribution in [0.2, 0.25) is 0 Å². The molecule has 2 N–H and O–H groups in total. The zero-order chi connectivity index (χ0) is 15.7. The number of nitrogens with two attached hydrogens (primary N) is 1. The fourth-order valence-corrected chi connectivity index (χ4v) is 4.04. The summed E-state index contributed by atoms with van der Waals surface area (Å²) in [5.74, 6) is 0. The Hall–Kier alpha value is -0.770. The first kappa shape index (κ1) is 18.3. The summed E-state index contributed by atoms with van der Waals surface area (Å²) in [4.78, 5) is 0. The molecule has 118 valence electrons. The van der Waals surface area contributed by atoms with Gasteiger partial charge in [0.25, 0.3) is 0 Å². The molecule has 0 aliphatic carbocycles. The number of rotatable bonds is 10. The summed E-state index contributed by atoms with van der Waals surface area (Å²) in [6.45, 7) is 4.04. The summed E-state index contributed by atoms with van der Waals surface area (Å²) in [6, 6.07) is 7.36. The highest BCUT2D eigenvalue weighted by Crippen LogP contribution is 2.57. The second-order valence-corrected chi connectivity index (χ2v) is 7.32. The van der Waals surface area contributed by atoms with Gasteiger partial charge in [0.2, 0.25) is 14.0 Å². The molecule has 21 heavy (non-hydrogen) atoms. The van der Waals surface area contributed by atoms with Crippen LogP contribution in [-0.4, -0.2) is 25.4 Å². The molecule has 0 spiro atoms. The molecule has 0 heterocycles. The lowest BCUT2D eigenvalue weighted by Gasteiger charge is -2.21. The fraction of sp³-hybridized carbons (Fsp3) is 0.538. The minimum absolute atomic E-state index is 0.199. The lowest BCUT2D eigenvalue weighted by molar-refractivity contribution is 0.114. The summed E-state index contributed by atoms with van der Waals surface area (Å²) in [7, 11) is -3.94. The predicted octanol–water partition coefficient (Wildman–Crippen LogP) is 3.67. The van der Waals surface area contributed by atoms with Crippen LogP contribution < -0.4 is 5.73 Å². The van der Waals surface area contributed by atoms with Crippen molar-refractivity contribution < 1.29 is 22.9 Å². The number of hydrogen-bond donors (Lipinski definition) is 1. The first-order valence-electron chi connectivity index (χ1n) is 6.73. The lowest BCUT2D eigenvalue weighted by Crippen LogP contribution is -2.13. The maximum atomic E-state index is 12.4. The Morgan fingerprint density at radius 1 is 1.19 bits per heavy atom. The maximum absolute atomic E-state index is 12.4. The van der Waals surface area contributed by atoms with Crippen molar-refractivity contribution in [3.05, 3.63) is 29.8 Å². The van der Waals surface area contributed by atoms with Crippen LogP contribution in [0.3, 0.4) is 0 Å². The summed E-state index contributed by atoms with van der Waals surface area (Å²) in [5.41, 5.74) is 6.21. The Balaban J connectivity index is 2.58. The highest BCUT2D eigenvalue weighted by atomic mass is 31.2. The van der Waals surface area contributed by atoms with Crippen molar-refractivity contribution in [1.82, 2.24) is 0 Å². The molecule has 0 fully saturated rings. The SMILES string of the molecule is CCOP(=O)(OCC)C(OCCc1ccc(N)cc1)P=O. The fourth-order valence-electron chi connectivity index (χ4n) is 1.67. The van der Waals surface area contributed by atoms with E-state index in [0.29, 0.717) is 12.1 Å². The molecular weight excluding hydrogens is 312 g/mol. The van der Waals surface area contributed by atoms with E-state index >= 15 is 0 Å². The van der Waals surface area contributed by atoms with E-state index in [0.717, 1.165) is 5.56 Å². The Bertz CT molecular complexity index is 470. The van der Waals surface area contributed by atoms with E-state index in [1.165, 1.54) is 0 Å². The van der Waals surface area contributed by atoms with Gasteiger partial charge in [-0.05, 0) is 38.0 Å². The molecule has 0 bridgehead atoms. The Morgan fingerprint density at radius 3 is 2.24 bits per heavy atom. The smallest absolute Gasteiger partial charge is 0.371 e. The molecule has 0 radical (unpaired) electrons. The van der Waals surface area contributed by atoms with Gasteiger partial charge in [0, 0.05) is 5.69 Å². The molecule has 0 amide bonds. The summed E-state index contributed by atoms with van der Waals surface area (Å²) in [5, 5.41) is 0. The zero-order valence-corrected chi connectivity index (χ0v) is 14.0. The molecule has 1 aromatic rings. The van der Waals surface area contributed by atoms with Crippen LogP contribution in [0.4, 0.5) is 5.69 Å². The third-order valence-electron chi connectivity index (χ3n) is 2.62. The van der Waals surface area contributed by atoms with Crippen LogP contribution in [0.15, 0.2) is 24.3 Å². The van der Waals surface area contributed by atoms with Gasteiger partial charge in [-0.2, -0.15) is 0 Å². The topological polar surface area (TPSA) is 87.8 Å². The average molecular weight is 333 g/mol. The third kappa shape index (κ3) is 5.85. The van der Waals surface area contributed by atoms with Crippen LogP contribution in [0, 0.1) is 0 Å². The van der Waals surface area contributed by atoms with E-state index in [4.69, 9.17) is 19.5 Å². The molecule has 1 atom stereocenters. The van der Waals surface area contributed by atoms with Crippen molar-refractivity contribution in [2.75, 3.05) is 25.6 Å². The zero-order valence-electron chi connectivity index (χ0n) is 12.2. The van der Waals surface area contributed by atoms with Crippen molar-refractivity contribution >= 4 is 21.7 Å². The molecule has 0 aromatic heterocycles. The molecule has 6 nitrogen and oxygen atoms in total. The van der Waals surface area contributed by atoms with E-state index < -0.39 is 21.6 Å². The van der Waals surface area contributed by atoms with Crippen LogP contribution in [-0.2, 0) is 29.3 Å². The van der Waals surface area contributed by atoms with Crippen molar-refractivity contribution in [3.8, 4) is 0 Å². The first-order valence-corrected chi connectivity index (χ1v) is 9.22. The standard InChI is InChI=1S/C13H21NO5P2/c1-3-18-21(16,19-4-2)13(20-15)17-10-9-11-5-7-12(14)8-6-11/h5-8,13H,3-4,9-10,14H2,1-2H3. The predicted molar refractivity (Wildman–Crippen MR) is 82.8 cm³/mol. The number of benzene rings is 1. The van der Waals surface area contributed by atoms with E-state index in [9.17, 15) is 9.13 Å². The third-order valence-corrected chi connectivity index (χ3v) is 6.00. The summed E-state index contributed by atoms with van der Waals surface area (Å²) < 4.78 is 39.3. The van der Waals surface area contributed by atoms with Crippen molar-refractivity contribution in [1.29, 1.82) is 0 Å². The van der Waals surface area contributed by atoms with Crippen LogP contribution in [0.25, 0.3) is 0 Å². The minimum atomic E-state index is -3.53. The van der Waals surface area contributed by atoms with Crippen LogP contribution in [0.5, 0.6) is 0 Å². The molecule has 0 aliphatic rings. The van der Waals surface area contributed by atoms with Gasteiger partial charge in [-0.25, -0.2) is 0 Å². The Kier molecular flexibility index (Phi) is 8.09. The van der Waals surface area contributed by atoms with E-state index in [1.54, 1.807) is 26.0 Å². The molecular formula is C13H21NO5P2. The minimum Gasteiger partial charge on any atom is -0.399 e. The largest absolute Gasteiger partial charge is 0.399 e. The van der Waals surface area contributed by atoms with Gasteiger partial charge in [-0.15, -0.1) is 0 Å². The number of nitrogen functional groups attached to an aromatic ring is 1. The number of hydrogen-bond acceptors (Lipinski definition) is 6. The summed E-state index contributed by atoms with van der Waals surface area (Å²) >= 11 is 0. The summed E-state index contributed by atoms with van der Waals surface area (Å²) in [6.07, 6.45) is 0.588.